The molecular weight excluding hydrogens is 313 g/mol. The number of halogens is 3. The van der Waals surface area contributed by atoms with E-state index in [1.165, 1.54) is 0 Å². The van der Waals surface area contributed by atoms with Gasteiger partial charge in [-0.25, -0.2) is 0 Å². The largest absolute Gasteiger partial charge is 0.392 e. The van der Waals surface area contributed by atoms with Crippen molar-refractivity contribution in [2.45, 2.75) is 44.7 Å². The third kappa shape index (κ3) is 4.16. The molecule has 0 aromatic rings. The molecule has 2 amide bonds. The lowest BCUT2D eigenvalue weighted by atomic mass is 9.77. The maximum absolute atomic E-state index is 13.1. The fourth-order valence-electron chi connectivity index (χ4n) is 3.50. The van der Waals surface area contributed by atoms with Crippen LogP contribution in [0.2, 0.25) is 0 Å². The van der Waals surface area contributed by atoms with Gasteiger partial charge in [-0.2, -0.15) is 13.2 Å². The number of hydrogen-bond donors (Lipinski definition) is 2. The van der Waals surface area contributed by atoms with E-state index in [0.717, 1.165) is 0 Å². The van der Waals surface area contributed by atoms with E-state index in [2.05, 4.69) is 5.32 Å². The molecule has 0 aromatic carbocycles. The summed E-state index contributed by atoms with van der Waals surface area (Å²) in [6.07, 6.45) is -2.33. The fourth-order valence-corrected chi connectivity index (χ4v) is 3.50. The summed E-state index contributed by atoms with van der Waals surface area (Å²) >= 11 is 0. The summed E-state index contributed by atoms with van der Waals surface area (Å²) in [5, 5.41) is 2.55. The Morgan fingerprint density at radius 3 is 2.35 bits per heavy atom. The van der Waals surface area contributed by atoms with Gasteiger partial charge in [0.1, 0.15) is 0 Å². The first kappa shape index (κ1) is 18.0. The molecule has 1 saturated carbocycles. The number of hydrogen-bond acceptors (Lipinski definition) is 3. The predicted octanol–water partition coefficient (Wildman–Crippen LogP) is 1.75. The molecule has 2 aliphatic rings. The third-order valence-corrected chi connectivity index (χ3v) is 5.10. The molecule has 0 spiro atoms. The summed E-state index contributed by atoms with van der Waals surface area (Å²) in [5.41, 5.74) is 4.52. The van der Waals surface area contributed by atoms with Gasteiger partial charge < -0.3 is 15.8 Å². The number of ether oxygens (including phenoxy) is 1. The van der Waals surface area contributed by atoms with Crippen LogP contribution in [-0.4, -0.2) is 37.7 Å². The summed E-state index contributed by atoms with van der Waals surface area (Å²) in [5.74, 6) is -3.85. The smallest absolute Gasteiger partial charge is 0.381 e. The Labute approximate surface area is 133 Å². The lowest BCUT2D eigenvalue weighted by Crippen LogP contribution is -2.51. The molecule has 2 rings (SSSR count). The molecular formula is C15H23F3N2O3. The highest BCUT2D eigenvalue weighted by molar-refractivity contribution is 5.83. The van der Waals surface area contributed by atoms with E-state index in [0.29, 0.717) is 38.9 Å². The Morgan fingerprint density at radius 2 is 1.78 bits per heavy atom. The summed E-state index contributed by atoms with van der Waals surface area (Å²) in [4.78, 5) is 24.0. The zero-order chi connectivity index (χ0) is 17.1. The quantitative estimate of drug-likeness (QED) is 0.821. The predicted molar refractivity (Wildman–Crippen MR) is 76.2 cm³/mol. The molecule has 1 aliphatic carbocycles. The number of alkyl halides is 3. The topological polar surface area (TPSA) is 81.4 Å². The molecule has 1 saturated heterocycles. The lowest BCUT2D eigenvalue weighted by molar-refractivity contribution is -0.198. The molecule has 8 heteroatoms. The van der Waals surface area contributed by atoms with Gasteiger partial charge in [0.15, 0.2) is 0 Å². The van der Waals surface area contributed by atoms with Crippen LogP contribution >= 0.6 is 0 Å². The summed E-state index contributed by atoms with van der Waals surface area (Å²) in [6.45, 7) is 0.687. The van der Waals surface area contributed by atoms with E-state index in [-0.39, 0.29) is 19.4 Å². The zero-order valence-corrected chi connectivity index (χ0v) is 13.0. The van der Waals surface area contributed by atoms with Gasteiger partial charge in [-0.3, -0.25) is 9.59 Å². The maximum Gasteiger partial charge on any atom is 0.392 e. The molecule has 5 nitrogen and oxygen atoms in total. The first-order valence-electron chi connectivity index (χ1n) is 7.98. The fraction of sp³-hybridized carbons (Fsp3) is 0.867. The van der Waals surface area contributed by atoms with E-state index in [1.54, 1.807) is 0 Å². The van der Waals surface area contributed by atoms with Crippen molar-refractivity contribution >= 4 is 11.8 Å². The molecule has 1 heterocycles. The number of nitrogens with one attached hydrogen (secondary N) is 1. The summed E-state index contributed by atoms with van der Waals surface area (Å²) in [6, 6.07) is 0. The number of carbonyl (C=O) groups is 2. The number of rotatable bonds is 4. The van der Waals surface area contributed by atoms with E-state index < -0.39 is 35.2 Å². The SMILES string of the molecule is NC(=O)C1(CNC(=O)[C@@H]2CCCC[C@H]2C(F)(F)F)CCOCC1. The Morgan fingerprint density at radius 1 is 1.17 bits per heavy atom. The highest BCUT2D eigenvalue weighted by Crippen LogP contribution is 2.41. The third-order valence-electron chi connectivity index (χ3n) is 5.10. The monoisotopic (exact) mass is 336 g/mol. The van der Waals surface area contributed by atoms with Gasteiger partial charge in [-0.1, -0.05) is 12.8 Å². The van der Waals surface area contributed by atoms with Crippen LogP contribution in [0.25, 0.3) is 0 Å². The van der Waals surface area contributed by atoms with Gasteiger partial charge in [0.2, 0.25) is 11.8 Å². The van der Waals surface area contributed by atoms with Crippen LogP contribution in [0.3, 0.4) is 0 Å². The van der Waals surface area contributed by atoms with E-state index in [1.807, 2.05) is 0 Å². The molecule has 2 fully saturated rings. The Bertz CT molecular complexity index is 448. The molecule has 0 aromatic heterocycles. The van der Waals surface area contributed by atoms with E-state index in [9.17, 15) is 22.8 Å². The van der Waals surface area contributed by atoms with Crippen LogP contribution in [0.1, 0.15) is 38.5 Å². The second-order valence-corrected chi connectivity index (χ2v) is 6.51. The minimum Gasteiger partial charge on any atom is -0.381 e. The number of amides is 2. The standard InChI is InChI=1S/C15H23F3N2O3/c16-15(17,18)11-4-2-1-3-10(11)12(21)20-9-14(13(19)22)5-7-23-8-6-14/h10-11H,1-9H2,(H2,19,22)(H,20,21)/t10-,11-/m1/s1. The van der Waals surface area contributed by atoms with Crippen LogP contribution < -0.4 is 11.1 Å². The van der Waals surface area contributed by atoms with Crippen molar-refractivity contribution in [1.29, 1.82) is 0 Å². The van der Waals surface area contributed by atoms with Gasteiger partial charge in [0.25, 0.3) is 0 Å². The Hall–Kier alpha value is -1.31. The summed E-state index contributed by atoms with van der Waals surface area (Å²) in [7, 11) is 0. The van der Waals surface area contributed by atoms with Crippen LogP contribution in [0.15, 0.2) is 0 Å². The van der Waals surface area contributed by atoms with Crippen molar-refractivity contribution in [3.8, 4) is 0 Å². The molecule has 1 aliphatic heterocycles. The average Bonchev–Trinajstić information content (AvgIpc) is 2.52. The van der Waals surface area contributed by atoms with Crippen LogP contribution in [0.4, 0.5) is 13.2 Å². The second kappa shape index (κ2) is 7.07. The minimum absolute atomic E-state index is 0.0175. The molecule has 0 radical (unpaired) electrons. The first-order chi connectivity index (χ1) is 10.8. The van der Waals surface area contributed by atoms with Gasteiger partial charge in [-0.15, -0.1) is 0 Å². The maximum atomic E-state index is 13.1. The van der Waals surface area contributed by atoms with Crippen molar-refractivity contribution in [3.63, 3.8) is 0 Å². The highest BCUT2D eigenvalue weighted by atomic mass is 19.4. The Kier molecular flexibility index (Phi) is 5.54. The van der Waals surface area contributed by atoms with Crippen molar-refractivity contribution in [3.05, 3.63) is 0 Å². The molecule has 23 heavy (non-hydrogen) atoms. The number of primary amides is 1. The molecule has 132 valence electrons. The Balaban J connectivity index is 2.01. The van der Waals surface area contributed by atoms with Crippen molar-refractivity contribution in [2.75, 3.05) is 19.8 Å². The first-order valence-corrected chi connectivity index (χ1v) is 7.98. The second-order valence-electron chi connectivity index (χ2n) is 6.51. The van der Waals surface area contributed by atoms with Crippen LogP contribution in [-0.2, 0) is 14.3 Å². The summed E-state index contributed by atoms with van der Waals surface area (Å²) < 4.78 is 44.4. The van der Waals surface area contributed by atoms with Gasteiger partial charge in [0, 0.05) is 25.7 Å². The minimum atomic E-state index is -4.37. The number of nitrogens with two attached hydrogens (primary N) is 1. The molecule has 0 bridgehead atoms. The van der Waals surface area contributed by atoms with E-state index >= 15 is 0 Å². The van der Waals surface area contributed by atoms with E-state index in [4.69, 9.17) is 10.5 Å². The van der Waals surface area contributed by atoms with Gasteiger partial charge >= 0.3 is 6.18 Å². The normalized spacial score (nSPS) is 28.1. The molecule has 0 unspecified atom stereocenters. The molecule has 2 atom stereocenters. The average molecular weight is 336 g/mol. The van der Waals surface area contributed by atoms with Crippen molar-refractivity contribution in [1.82, 2.24) is 5.32 Å². The molecule has 3 N–H and O–H groups in total. The highest BCUT2D eigenvalue weighted by Gasteiger charge is 2.48. The lowest BCUT2D eigenvalue weighted by Gasteiger charge is -2.36. The van der Waals surface area contributed by atoms with Crippen LogP contribution in [0.5, 0.6) is 0 Å². The van der Waals surface area contributed by atoms with Gasteiger partial charge in [0.05, 0.1) is 11.3 Å². The zero-order valence-electron chi connectivity index (χ0n) is 13.0. The number of carbonyl (C=O) groups excluding carboxylic acids is 2. The van der Waals surface area contributed by atoms with Crippen molar-refractivity contribution in [2.24, 2.45) is 23.0 Å². The van der Waals surface area contributed by atoms with Crippen LogP contribution in [0, 0.1) is 17.3 Å². The van der Waals surface area contributed by atoms with Crippen molar-refractivity contribution < 1.29 is 27.5 Å². The van der Waals surface area contributed by atoms with Gasteiger partial charge in [-0.05, 0) is 25.7 Å².